The van der Waals surface area contributed by atoms with Gasteiger partial charge in [-0.1, -0.05) is 70.9 Å². The van der Waals surface area contributed by atoms with Gasteiger partial charge in [0.1, 0.15) is 35.9 Å². The van der Waals surface area contributed by atoms with Gasteiger partial charge in [-0.05, 0) is 48.4 Å². The molecule has 0 fully saturated rings. The van der Waals surface area contributed by atoms with Crippen LogP contribution < -0.4 is 21.9 Å². The molecule has 0 aliphatic rings. The van der Waals surface area contributed by atoms with E-state index < -0.39 is 205 Å². The van der Waals surface area contributed by atoms with Crippen LogP contribution in [-0.2, 0) is 63.6 Å². The number of hydrogen-bond donors (Lipinski definition) is 0. The second-order valence-corrected chi connectivity index (χ2v) is 18.4. The lowest BCUT2D eigenvalue weighted by Gasteiger charge is -2.46. The highest BCUT2D eigenvalue weighted by Gasteiger charge is 2.47. The predicted molar refractivity (Wildman–Crippen MR) is 222 cm³/mol. The van der Waals surface area contributed by atoms with Crippen molar-refractivity contribution in [2.45, 2.75) is 49.4 Å². The van der Waals surface area contributed by atoms with E-state index in [1.165, 1.54) is 12.3 Å². The number of benzene rings is 5. The first-order valence-corrected chi connectivity index (χ1v) is 21.9. The van der Waals surface area contributed by atoms with E-state index in [0.717, 1.165) is 5.56 Å². The Morgan fingerprint density at radius 3 is 0.853 bits per heavy atom. The standard InChI is InChI=1S/C32H12BF24.C14H11N2OS/c34-25(35,36)13-1-14(26(37,38)39)6-21(5-13)33(22-7-15(27(40,41)42)2-16(8-22)28(43,44)45,23-9-17(29(46,47)48)3-18(10-23)30(49,50)51)24-11-19(31(52,53)54)4-20(12-24)32(55,56)57;1-18(17,10-8-14(11-15)12-16)9-7-13-5-3-2-4-6-13/h1-12H;2-6,8H,10H2,1H3/q-1;+1. The molecule has 1 atom stereocenters. The molecule has 5 aromatic rings. The summed E-state index contributed by atoms with van der Waals surface area (Å²) >= 11 is 0. The Morgan fingerprint density at radius 2 is 0.653 bits per heavy atom. The van der Waals surface area contributed by atoms with Gasteiger partial charge in [-0.15, -0.1) is 0 Å². The molecule has 5 aromatic carbocycles. The largest absolute Gasteiger partial charge is 0.416 e. The van der Waals surface area contributed by atoms with Crippen LogP contribution >= 0.6 is 0 Å². The molecule has 0 amide bonds. The highest BCUT2D eigenvalue weighted by Crippen LogP contribution is 2.41. The Hall–Kier alpha value is -7.09. The lowest BCUT2D eigenvalue weighted by molar-refractivity contribution is -0.144. The minimum absolute atomic E-state index is 0.0360. The van der Waals surface area contributed by atoms with Crippen LogP contribution in [0.25, 0.3) is 0 Å². The summed E-state index contributed by atoms with van der Waals surface area (Å²) in [6.07, 6.45) is -51.9. The molecule has 0 radical (unpaired) electrons. The van der Waals surface area contributed by atoms with Gasteiger partial charge in [0.25, 0.3) is 0 Å². The molecular weight excluding hydrogens is 1100 g/mol. The van der Waals surface area contributed by atoms with Crippen molar-refractivity contribution in [3.8, 4) is 23.3 Å². The molecule has 1 unspecified atom stereocenters. The number of nitriles is 2. The first kappa shape index (κ1) is 60.5. The maximum absolute atomic E-state index is 14.2. The van der Waals surface area contributed by atoms with Gasteiger partial charge < -0.3 is 0 Å². The monoisotopic (exact) mass is 1120 g/mol. The zero-order valence-corrected chi connectivity index (χ0v) is 37.3. The maximum Gasteiger partial charge on any atom is 0.416 e. The topological polar surface area (TPSA) is 64.7 Å². The molecule has 3 nitrogen and oxygen atoms in total. The first-order valence-electron chi connectivity index (χ1n) is 19.7. The van der Waals surface area contributed by atoms with Crippen molar-refractivity contribution in [1.82, 2.24) is 0 Å². The molecule has 5 rings (SSSR count). The van der Waals surface area contributed by atoms with Gasteiger partial charge in [0.2, 0.25) is 0 Å². The zero-order valence-electron chi connectivity index (χ0n) is 36.5. The smallest absolute Gasteiger partial charge is 0.194 e. The maximum atomic E-state index is 14.2. The van der Waals surface area contributed by atoms with Gasteiger partial charge >= 0.3 is 49.4 Å². The van der Waals surface area contributed by atoms with Gasteiger partial charge in [0.15, 0.2) is 15.2 Å². The van der Waals surface area contributed by atoms with E-state index in [-0.39, 0.29) is 11.3 Å². The molecule has 75 heavy (non-hydrogen) atoms. The third kappa shape index (κ3) is 15.0. The van der Waals surface area contributed by atoms with Gasteiger partial charge in [0.05, 0.1) is 44.5 Å². The molecule has 0 spiro atoms. The number of alkyl halides is 24. The molecule has 0 bridgehead atoms. The molecule has 0 saturated heterocycles. The Labute approximate surface area is 407 Å². The van der Waals surface area contributed by atoms with Gasteiger partial charge in [-0.3, -0.25) is 0 Å². The summed E-state index contributed by atoms with van der Waals surface area (Å²) in [5.41, 5.74) is -29.5. The summed E-state index contributed by atoms with van der Waals surface area (Å²) in [6, 6.07) is 3.88. The molecule has 0 aromatic heterocycles. The Morgan fingerprint density at radius 1 is 0.427 bits per heavy atom. The Kier molecular flexibility index (Phi) is 16.9. The molecule has 0 aliphatic heterocycles. The lowest BCUT2D eigenvalue weighted by atomic mass is 9.12. The van der Waals surface area contributed by atoms with E-state index in [1.807, 2.05) is 30.3 Å². The molecule has 0 aliphatic carbocycles. The molecule has 400 valence electrons. The summed E-state index contributed by atoms with van der Waals surface area (Å²) in [4.78, 5) is 0. The van der Waals surface area contributed by atoms with E-state index in [2.05, 4.69) is 11.2 Å². The van der Waals surface area contributed by atoms with Crippen molar-refractivity contribution >= 4 is 37.9 Å². The van der Waals surface area contributed by atoms with Crippen LogP contribution in [0.15, 0.2) is 115 Å². The fourth-order valence-electron chi connectivity index (χ4n) is 7.16. The average Bonchev–Trinajstić information content (AvgIpc) is 3.27. The van der Waals surface area contributed by atoms with Crippen molar-refractivity contribution < 1.29 is 110 Å². The average molecular weight is 1120 g/mol. The molecule has 0 N–H and O–H groups in total. The highest BCUT2D eigenvalue weighted by atomic mass is 32.2. The van der Waals surface area contributed by atoms with Crippen LogP contribution in [0.4, 0.5) is 105 Å². The minimum atomic E-state index is -6.13. The van der Waals surface area contributed by atoms with Crippen molar-refractivity contribution in [3.05, 3.63) is 165 Å². The summed E-state index contributed by atoms with van der Waals surface area (Å²) < 4.78 is 353. The van der Waals surface area contributed by atoms with Crippen molar-refractivity contribution in [1.29, 1.82) is 10.5 Å². The van der Waals surface area contributed by atoms with Gasteiger partial charge in [0, 0.05) is 5.56 Å². The third-order valence-corrected chi connectivity index (χ3v) is 11.8. The van der Waals surface area contributed by atoms with E-state index >= 15 is 0 Å². The van der Waals surface area contributed by atoms with E-state index in [0.29, 0.717) is 0 Å². The number of allylic oxidation sites excluding steroid dienone is 1. The number of rotatable bonds is 6. The third-order valence-electron chi connectivity index (χ3n) is 10.5. The fourth-order valence-corrected chi connectivity index (χ4v) is 8.06. The van der Waals surface area contributed by atoms with Gasteiger partial charge in [-0.25, -0.2) is 0 Å². The molecule has 0 saturated carbocycles. The summed E-state index contributed by atoms with van der Waals surface area (Å²) in [5.74, 6) is 2.94. The fraction of sp³-hybridized carbons (Fsp3) is 0.217. The number of halogens is 24. The normalized spacial score (nSPS) is 13.7. The molecule has 0 heterocycles. The van der Waals surface area contributed by atoms with Crippen LogP contribution in [0.5, 0.6) is 0 Å². The van der Waals surface area contributed by atoms with Crippen LogP contribution in [0.1, 0.15) is 50.1 Å². The van der Waals surface area contributed by atoms with Crippen molar-refractivity contribution in [3.63, 3.8) is 0 Å². The Bertz CT molecular complexity index is 2700. The van der Waals surface area contributed by atoms with Crippen LogP contribution in [0, 0.1) is 33.8 Å². The zero-order chi connectivity index (χ0) is 57.3. The van der Waals surface area contributed by atoms with Crippen LogP contribution in [0.3, 0.4) is 0 Å². The van der Waals surface area contributed by atoms with E-state index in [4.69, 9.17) is 10.5 Å². The van der Waals surface area contributed by atoms with Crippen molar-refractivity contribution in [2.75, 3.05) is 12.0 Å². The predicted octanol–water partition coefficient (Wildman–Crippen LogP) is 13.3. The second-order valence-electron chi connectivity index (χ2n) is 15.8. The number of hydrogen-bond acceptors (Lipinski definition) is 3. The van der Waals surface area contributed by atoms with Gasteiger partial charge in [-0.2, -0.15) is 138 Å². The summed E-state index contributed by atoms with van der Waals surface area (Å²) in [6.45, 7) is 0. The second kappa shape index (κ2) is 20.9. The molecular formula is C46H23BF24N2OS. The lowest BCUT2D eigenvalue weighted by Crippen LogP contribution is -2.75. The minimum Gasteiger partial charge on any atom is -0.194 e. The molecule has 29 heteroatoms. The number of nitrogens with zero attached hydrogens (tertiary/aromatic N) is 2. The SMILES string of the molecule is C[S+](=O)(C#Cc1ccccc1)CC=C(C#N)C#N.FC(F)(F)c1cc([B-](c2cc(C(F)(F)F)cc(C(F)(F)F)c2)(c2cc(C(F)(F)F)cc(C(F)(F)F)c2)c2cc(C(F)(F)F)cc(C(F)(F)F)c2)cc(C(F)(F)F)c1. The van der Waals surface area contributed by atoms with Crippen LogP contribution in [0.2, 0.25) is 0 Å². The van der Waals surface area contributed by atoms with E-state index in [1.54, 1.807) is 12.1 Å². The van der Waals surface area contributed by atoms with E-state index in [9.17, 15) is 110 Å². The Balaban J connectivity index is 0.000000569. The summed E-state index contributed by atoms with van der Waals surface area (Å²) in [7, 11) is -2.38. The quantitative estimate of drug-likeness (QED) is 0.0559. The van der Waals surface area contributed by atoms with Crippen molar-refractivity contribution in [2.24, 2.45) is 0 Å². The first-order chi connectivity index (χ1) is 33.8. The van der Waals surface area contributed by atoms with Crippen LogP contribution in [-0.4, -0.2) is 18.2 Å². The highest BCUT2D eigenvalue weighted by molar-refractivity contribution is 8.06. The summed E-state index contributed by atoms with van der Waals surface area (Å²) in [5, 5.41) is 19.8.